The van der Waals surface area contributed by atoms with Gasteiger partial charge in [-0.05, 0) is 51.3 Å². The highest BCUT2D eigenvalue weighted by Crippen LogP contribution is 2.42. The fourth-order valence-electron chi connectivity index (χ4n) is 3.50. The first-order valence-electron chi connectivity index (χ1n) is 10.8. The van der Waals surface area contributed by atoms with Crippen molar-refractivity contribution >= 4 is 28.6 Å². The lowest BCUT2D eigenvalue weighted by Gasteiger charge is -2.19. The molecule has 0 fully saturated rings. The van der Waals surface area contributed by atoms with E-state index in [4.69, 9.17) is 14.0 Å². The molecule has 0 saturated carbocycles. The van der Waals surface area contributed by atoms with Crippen molar-refractivity contribution < 1.29 is 23.9 Å². The molecule has 4 rings (SSSR count). The molecule has 3 aromatic carbocycles. The lowest BCUT2D eigenvalue weighted by Crippen LogP contribution is -2.04. The van der Waals surface area contributed by atoms with Crippen LogP contribution in [0.4, 0.5) is 0 Å². The summed E-state index contributed by atoms with van der Waals surface area (Å²) in [6, 6.07) is 23.6. The summed E-state index contributed by atoms with van der Waals surface area (Å²) in [6.07, 6.45) is 0. The van der Waals surface area contributed by atoms with Crippen LogP contribution in [0.3, 0.4) is 0 Å². The highest BCUT2D eigenvalue weighted by atomic mass is 127. The Balaban J connectivity index is 1.76. The quantitative estimate of drug-likeness (QED) is 0.220. The van der Waals surface area contributed by atoms with Gasteiger partial charge in [0.25, 0.3) is 0 Å². The molecule has 6 nitrogen and oxygen atoms in total. The maximum atomic E-state index is 11.5. The Bertz CT molecular complexity index is 1270. The summed E-state index contributed by atoms with van der Waals surface area (Å²) in [5, 5.41) is 13.2. The number of halogens is 1. The van der Waals surface area contributed by atoms with Crippen molar-refractivity contribution in [3.8, 4) is 22.8 Å². The molecular weight excluding hydrogens is 545 g/mol. The number of nitrogens with zero attached hydrogens (tertiary/aromatic N) is 1. The molecule has 1 heterocycles. The third-order valence-corrected chi connectivity index (χ3v) is 6.29. The van der Waals surface area contributed by atoms with E-state index in [0.29, 0.717) is 39.6 Å². The molecule has 174 valence electrons. The highest BCUT2D eigenvalue weighted by Gasteiger charge is 2.25. The molecule has 0 atom stereocenters. The van der Waals surface area contributed by atoms with E-state index in [1.165, 1.54) is 0 Å². The first-order chi connectivity index (χ1) is 16.4. The van der Waals surface area contributed by atoms with Crippen LogP contribution >= 0.6 is 22.6 Å². The zero-order valence-corrected chi connectivity index (χ0v) is 21.0. The molecule has 1 aromatic heterocycles. The standard InChI is InChI=1S/C27H24INO5/c1-17(2)20-13-21(26-24(28)25(27(30)31)29-34-26)23(33-16-19-11-7-4-8-12-19)14-22(20)32-15-18-9-5-3-6-10-18/h3-14,17H,15-16H2,1-2H3,(H,30,31). The number of carboxylic acid groups (broad SMARTS) is 1. The molecule has 0 amide bonds. The average Bonchev–Trinajstić information content (AvgIpc) is 3.23. The minimum atomic E-state index is -1.14. The average molecular weight is 569 g/mol. The van der Waals surface area contributed by atoms with E-state index in [1.807, 2.05) is 95.4 Å². The predicted octanol–water partition coefficient (Wildman–Crippen LogP) is 6.93. The molecule has 34 heavy (non-hydrogen) atoms. The molecule has 0 aliphatic carbocycles. The van der Waals surface area contributed by atoms with Gasteiger partial charge in [-0.2, -0.15) is 0 Å². The Labute approximate surface area is 211 Å². The Morgan fingerprint density at radius 1 is 0.941 bits per heavy atom. The molecule has 0 unspecified atom stereocenters. The Kier molecular flexibility index (Phi) is 7.52. The van der Waals surface area contributed by atoms with Crippen molar-refractivity contribution in [1.29, 1.82) is 0 Å². The van der Waals surface area contributed by atoms with Crippen LogP contribution in [0.15, 0.2) is 77.3 Å². The van der Waals surface area contributed by atoms with Crippen molar-refractivity contribution in [3.05, 3.63) is 98.8 Å². The number of rotatable bonds is 9. The lowest BCUT2D eigenvalue weighted by molar-refractivity contribution is 0.0684. The van der Waals surface area contributed by atoms with Gasteiger partial charge in [0.1, 0.15) is 24.7 Å². The molecule has 4 aromatic rings. The van der Waals surface area contributed by atoms with E-state index in [-0.39, 0.29) is 11.6 Å². The lowest BCUT2D eigenvalue weighted by atomic mass is 9.97. The Hall–Kier alpha value is -3.33. The first-order valence-corrected chi connectivity index (χ1v) is 11.9. The minimum Gasteiger partial charge on any atom is -0.488 e. The summed E-state index contributed by atoms with van der Waals surface area (Å²) in [4.78, 5) is 11.5. The number of hydrogen-bond donors (Lipinski definition) is 1. The van der Waals surface area contributed by atoms with Crippen LogP contribution in [0.1, 0.15) is 46.9 Å². The third kappa shape index (κ3) is 5.41. The van der Waals surface area contributed by atoms with Gasteiger partial charge in [-0.25, -0.2) is 4.79 Å². The van der Waals surface area contributed by atoms with Gasteiger partial charge in [-0.15, -0.1) is 0 Å². The number of hydrogen-bond acceptors (Lipinski definition) is 5. The molecule has 7 heteroatoms. The van der Waals surface area contributed by atoms with E-state index >= 15 is 0 Å². The monoisotopic (exact) mass is 569 g/mol. The molecule has 0 saturated heterocycles. The van der Waals surface area contributed by atoms with Gasteiger partial charge in [-0.1, -0.05) is 79.7 Å². The van der Waals surface area contributed by atoms with Gasteiger partial charge in [-0.3, -0.25) is 0 Å². The number of carbonyl (C=O) groups is 1. The summed E-state index contributed by atoms with van der Waals surface area (Å²) in [7, 11) is 0. The van der Waals surface area contributed by atoms with Crippen LogP contribution in [-0.2, 0) is 13.2 Å². The molecule has 0 radical (unpaired) electrons. The van der Waals surface area contributed by atoms with E-state index in [0.717, 1.165) is 16.7 Å². The molecule has 0 spiro atoms. The highest BCUT2D eigenvalue weighted by molar-refractivity contribution is 14.1. The number of ether oxygens (including phenoxy) is 2. The summed E-state index contributed by atoms with van der Waals surface area (Å²) in [6.45, 7) is 4.91. The zero-order chi connectivity index (χ0) is 24.1. The van der Waals surface area contributed by atoms with Gasteiger partial charge >= 0.3 is 5.97 Å². The van der Waals surface area contributed by atoms with Crippen LogP contribution in [0.5, 0.6) is 11.5 Å². The fourth-order valence-corrected chi connectivity index (χ4v) is 4.22. The normalized spacial score (nSPS) is 10.9. The largest absolute Gasteiger partial charge is 0.488 e. The van der Waals surface area contributed by atoms with Crippen LogP contribution in [0.2, 0.25) is 0 Å². The van der Waals surface area contributed by atoms with Crippen LogP contribution in [0, 0.1) is 3.57 Å². The Morgan fingerprint density at radius 2 is 1.50 bits per heavy atom. The maximum absolute atomic E-state index is 11.5. The summed E-state index contributed by atoms with van der Waals surface area (Å²) in [5.74, 6) is 0.601. The minimum absolute atomic E-state index is 0.125. The number of benzene rings is 3. The van der Waals surface area contributed by atoms with Gasteiger partial charge in [0.05, 0.1) is 9.13 Å². The van der Waals surface area contributed by atoms with E-state index in [1.54, 1.807) is 0 Å². The van der Waals surface area contributed by atoms with Crippen LogP contribution in [-0.4, -0.2) is 16.2 Å². The summed E-state index contributed by atoms with van der Waals surface area (Å²) in [5.41, 5.74) is 3.54. The Morgan fingerprint density at radius 3 is 2.00 bits per heavy atom. The van der Waals surface area contributed by atoms with E-state index in [9.17, 15) is 9.90 Å². The second-order valence-corrected chi connectivity index (χ2v) is 9.15. The van der Waals surface area contributed by atoms with Crippen LogP contribution < -0.4 is 9.47 Å². The smallest absolute Gasteiger partial charge is 0.359 e. The SMILES string of the molecule is CC(C)c1cc(-c2onc(C(=O)O)c2I)c(OCc2ccccc2)cc1OCc1ccccc1. The molecule has 0 bridgehead atoms. The van der Waals surface area contributed by atoms with Gasteiger partial charge in [0.2, 0.25) is 5.69 Å². The van der Waals surface area contributed by atoms with Crippen molar-refractivity contribution in [3.63, 3.8) is 0 Å². The summed E-state index contributed by atoms with van der Waals surface area (Å²) >= 11 is 1.95. The molecule has 1 N–H and O–H groups in total. The molecule has 0 aliphatic heterocycles. The number of aromatic carboxylic acids is 1. The van der Waals surface area contributed by atoms with E-state index in [2.05, 4.69) is 19.0 Å². The van der Waals surface area contributed by atoms with Gasteiger partial charge in [0, 0.05) is 6.07 Å². The topological polar surface area (TPSA) is 81.8 Å². The number of carboxylic acids is 1. The van der Waals surface area contributed by atoms with Crippen molar-refractivity contribution in [2.24, 2.45) is 0 Å². The molecular formula is C27H24INO5. The number of aromatic nitrogens is 1. The van der Waals surface area contributed by atoms with Gasteiger partial charge in [0.15, 0.2) is 5.76 Å². The second kappa shape index (κ2) is 10.7. The zero-order valence-electron chi connectivity index (χ0n) is 18.8. The third-order valence-electron chi connectivity index (χ3n) is 5.29. The second-order valence-electron chi connectivity index (χ2n) is 8.07. The fraction of sp³-hybridized carbons (Fsp3) is 0.185. The summed E-state index contributed by atoms with van der Waals surface area (Å²) < 4.78 is 18.3. The van der Waals surface area contributed by atoms with Gasteiger partial charge < -0.3 is 19.1 Å². The van der Waals surface area contributed by atoms with Crippen LogP contribution in [0.25, 0.3) is 11.3 Å². The maximum Gasteiger partial charge on any atom is 0.359 e. The van der Waals surface area contributed by atoms with Crippen molar-refractivity contribution in [1.82, 2.24) is 5.16 Å². The predicted molar refractivity (Wildman–Crippen MR) is 137 cm³/mol. The molecule has 0 aliphatic rings. The van der Waals surface area contributed by atoms with E-state index < -0.39 is 5.97 Å². The van der Waals surface area contributed by atoms with Crippen molar-refractivity contribution in [2.45, 2.75) is 33.0 Å². The van der Waals surface area contributed by atoms with Crippen molar-refractivity contribution in [2.75, 3.05) is 0 Å². The first kappa shape index (κ1) is 23.8.